The number of hydrogen-bond acceptors (Lipinski definition) is 5. The number of rotatable bonds is 5. The van der Waals surface area contributed by atoms with Crippen LogP contribution < -0.4 is 4.90 Å². The van der Waals surface area contributed by atoms with Crippen LogP contribution in [0.15, 0.2) is 16.7 Å². The summed E-state index contributed by atoms with van der Waals surface area (Å²) in [5.41, 5.74) is -0.0680. The molecule has 0 spiro atoms. The smallest absolute Gasteiger partial charge is 0.312 e. The highest BCUT2D eigenvalue weighted by atomic mass is 79.9. The maximum Gasteiger partial charge on any atom is 0.312 e. The summed E-state index contributed by atoms with van der Waals surface area (Å²) >= 11 is 3.15. The van der Waals surface area contributed by atoms with Crippen molar-refractivity contribution in [2.24, 2.45) is 0 Å². The van der Waals surface area contributed by atoms with Crippen molar-refractivity contribution in [3.8, 4) is 0 Å². The second-order valence-corrected chi connectivity index (χ2v) is 4.68. The minimum absolute atomic E-state index is 0.0227. The number of halogens is 1. The zero-order valence-electron chi connectivity index (χ0n) is 9.63. The van der Waals surface area contributed by atoms with Gasteiger partial charge in [0.1, 0.15) is 0 Å². The summed E-state index contributed by atoms with van der Waals surface area (Å²) < 4.78 is 0.556. The van der Waals surface area contributed by atoms with E-state index in [0.717, 1.165) is 0 Å². The Kier molecular flexibility index (Phi) is 4.83. The summed E-state index contributed by atoms with van der Waals surface area (Å²) in [6.45, 7) is 4.02. The molecule has 1 aromatic rings. The summed E-state index contributed by atoms with van der Waals surface area (Å²) in [5.74, 6) is 0.280. The van der Waals surface area contributed by atoms with Crippen molar-refractivity contribution >= 4 is 27.4 Å². The fourth-order valence-electron chi connectivity index (χ4n) is 1.49. The van der Waals surface area contributed by atoms with Crippen molar-refractivity contribution in [3.63, 3.8) is 0 Å². The Balaban J connectivity index is 3.22. The lowest BCUT2D eigenvalue weighted by atomic mass is 10.3. The second-order valence-electron chi connectivity index (χ2n) is 3.76. The van der Waals surface area contributed by atoms with Gasteiger partial charge in [0, 0.05) is 29.3 Å². The molecule has 0 amide bonds. The van der Waals surface area contributed by atoms with Gasteiger partial charge >= 0.3 is 5.69 Å². The number of aromatic nitrogens is 1. The summed E-state index contributed by atoms with van der Waals surface area (Å²) in [7, 11) is 0. The highest BCUT2D eigenvalue weighted by Crippen LogP contribution is 2.29. The van der Waals surface area contributed by atoms with E-state index in [9.17, 15) is 10.1 Å². The lowest BCUT2D eigenvalue weighted by Crippen LogP contribution is -2.34. The standard InChI is InChI=1S/C10H14BrN3O3/c1-7(2)13(3-4-15)10-9(14(16)17)5-8(11)6-12-10/h5-7,15H,3-4H2,1-2H3. The maximum absolute atomic E-state index is 11.0. The first-order chi connectivity index (χ1) is 7.97. The van der Waals surface area contributed by atoms with Crippen LogP contribution in [0.3, 0.4) is 0 Å². The second kappa shape index (κ2) is 5.92. The van der Waals surface area contributed by atoms with Crippen LogP contribution in [-0.2, 0) is 0 Å². The molecule has 1 N–H and O–H groups in total. The van der Waals surface area contributed by atoms with E-state index in [1.54, 1.807) is 4.90 Å². The number of aliphatic hydroxyl groups excluding tert-OH is 1. The summed E-state index contributed by atoms with van der Waals surface area (Å²) in [5, 5.41) is 19.9. The molecule has 0 saturated heterocycles. The summed E-state index contributed by atoms with van der Waals surface area (Å²) in [6, 6.07) is 1.43. The van der Waals surface area contributed by atoms with Crippen LogP contribution >= 0.6 is 15.9 Å². The number of nitrogens with zero attached hydrogens (tertiary/aromatic N) is 3. The Labute approximate surface area is 108 Å². The quantitative estimate of drug-likeness (QED) is 0.664. The molecule has 0 saturated carbocycles. The third kappa shape index (κ3) is 3.37. The molecule has 0 fully saturated rings. The molecule has 6 nitrogen and oxygen atoms in total. The molecule has 0 atom stereocenters. The zero-order chi connectivity index (χ0) is 13.0. The third-order valence-corrected chi connectivity index (χ3v) is 2.68. The molecule has 7 heteroatoms. The van der Waals surface area contributed by atoms with E-state index in [0.29, 0.717) is 11.0 Å². The molecule has 0 unspecified atom stereocenters. The Hall–Kier alpha value is -1.21. The van der Waals surface area contributed by atoms with Gasteiger partial charge in [0.25, 0.3) is 0 Å². The molecular formula is C10H14BrN3O3. The average molecular weight is 304 g/mol. The van der Waals surface area contributed by atoms with Gasteiger partial charge in [-0.2, -0.15) is 0 Å². The van der Waals surface area contributed by atoms with Gasteiger partial charge in [0.2, 0.25) is 5.82 Å². The van der Waals surface area contributed by atoms with E-state index in [1.807, 2.05) is 13.8 Å². The lowest BCUT2D eigenvalue weighted by Gasteiger charge is -2.26. The van der Waals surface area contributed by atoms with Crippen LogP contribution in [0, 0.1) is 10.1 Å². The highest BCUT2D eigenvalue weighted by molar-refractivity contribution is 9.10. The van der Waals surface area contributed by atoms with Crippen LogP contribution in [0.4, 0.5) is 11.5 Å². The molecule has 17 heavy (non-hydrogen) atoms. The van der Waals surface area contributed by atoms with Crippen molar-refractivity contribution in [2.45, 2.75) is 19.9 Å². The Morgan fingerprint density at radius 2 is 2.29 bits per heavy atom. The van der Waals surface area contributed by atoms with Crippen LogP contribution in [0.1, 0.15) is 13.8 Å². The molecule has 0 aromatic carbocycles. The number of hydrogen-bond donors (Lipinski definition) is 1. The maximum atomic E-state index is 11.0. The first kappa shape index (κ1) is 13.9. The Morgan fingerprint density at radius 1 is 1.65 bits per heavy atom. The molecule has 0 bridgehead atoms. The molecule has 94 valence electrons. The molecular weight excluding hydrogens is 290 g/mol. The molecule has 0 aliphatic heterocycles. The predicted molar refractivity (Wildman–Crippen MR) is 68.2 cm³/mol. The number of nitro groups is 1. The van der Waals surface area contributed by atoms with Crippen LogP contribution in [-0.4, -0.2) is 34.2 Å². The van der Waals surface area contributed by atoms with E-state index in [1.165, 1.54) is 12.3 Å². The van der Waals surface area contributed by atoms with Gasteiger partial charge in [0.05, 0.1) is 11.5 Å². The average Bonchev–Trinajstić information content (AvgIpc) is 2.26. The van der Waals surface area contributed by atoms with E-state index in [4.69, 9.17) is 5.11 Å². The van der Waals surface area contributed by atoms with Crippen LogP contribution in [0.2, 0.25) is 0 Å². The fourth-order valence-corrected chi connectivity index (χ4v) is 1.81. The number of aliphatic hydroxyl groups is 1. The number of pyridine rings is 1. The highest BCUT2D eigenvalue weighted by Gasteiger charge is 2.23. The van der Waals surface area contributed by atoms with Gasteiger partial charge in [-0.15, -0.1) is 0 Å². The van der Waals surface area contributed by atoms with Crippen molar-refractivity contribution in [1.82, 2.24) is 4.98 Å². The lowest BCUT2D eigenvalue weighted by molar-refractivity contribution is -0.384. The molecule has 1 heterocycles. The van der Waals surface area contributed by atoms with Gasteiger partial charge in [-0.3, -0.25) is 10.1 Å². The van der Waals surface area contributed by atoms with Crippen LogP contribution in [0.5, 0.6) is 0 Å². The molecule has 0 radical (unpaired) electrons. The van der Waals surface area contributed by atoms with Crippen molar-refractivity contribution in [2.75, 3.05) is 18.1 Å². The minimum Gasteiger partial charge on any atom is -0.395 e. The van der Waals surface area contributed by atoms with E-state index in [2.05, 4.69) is 20.9 Å². The molecule has 0 aliphatic rings. The molecule has 1 aromatic heterocycles. The third-order valence-electron chi connectivity index (χ3n) is 2.25. The first-order valence-corrected chi connectivity index (χ1v) is 5.94. The van der Waals surface area contributed by atoms with Crippen molar-refractivity contribution < 1.29 is 10.0 Å². The Bertz CT molecular complexity index is 412. The van der Waals surface area contributed by atoms with E-state index >= 15 is 0 Å². The SMILES string of the molecule is CC(C)N(CCO)c1ncc(Br)cc1[N+](=O)[O-]. The monoisotopic (exact) mass is 303 g/mol. The van der Waals surface area contributed by atoms with Crippen LogP contribution in [0.25, 0.3) is 0 Å². The van der Waals surface area contributed by atoms with Crippen molar-refractivity contribution in [1.29, 1.82) is 0 Å². The zero-order valence-corrected chi connectivity index (χ0v) is 11.2. The largest absolute Gasteiger partial charge is 0.395 e. The number of anilines is 1. The van der Waals surface area contributed by atoms with E-state index in [-0.39, 0.29) is 24.2 Å². The Morgan fingerprint density at radius 3 is 2.76 bits per heavy atom. The first-order valence-electron chi connectivity index (χ1n) is 5.14. The summed E-state index contributed by atoms with van der Waals surface area (Å²) in [4.78, 5) is 16.3. The topological polar surface area (TPSA) is 79.5 Å². The summed E-state index contributed by atoms with van der Waals surface area (Å²) in [6.07, 6.45) is 1.51. The van der Waals surface area contributed by atoms with Gasteiger partial charge in [-0.1, -0.05) is 0 Å². The van der Waals surface area contributed by atoms with Crippen molar-refractivity contribution in [3.05, 3.63) is 26.9 Å². The molecule has 0 aliphatic carbocycles. The van der Waals surface area contributed by atoms with E-state index < -0.39 is 4.92 Å². The molecule has 1 rings (SSSR count). The fraction of sp³-hybridized carbons (Fsp3) is 0.500. The van der Waals surface area contributed by atoms with Gasteiger partial charge < -0.3 is 10.0 Å². The van der Waals surface area contributed by atoms with Gasteiger partial charge in [-0.05, 0) is 29.8 Å². The van der Waals surface area contributed by atoms with Gasteiger partial charge in [-0.25, -0.2) is 4.98 Å². The normalized spacial score (nSPS) is 10.6. The predicted octanol–water partition coefficient (Wildman–Crippen LogP) is 1.96. The van der Waals surface area contributed by atoms with Gasteiger partial charge in [0.15, 0.2) is 0 Å². The minimum atomic E-state index is -0.472.